The molecule has 0 bridgehead atoms. The highest BCUT2D eigenvalue weighted by atomic mass is 16.4. The van der Waals surface area contributed by atoms with E-state index in [1.54, 1.807) is 0 Å². The molecule has 0 aliphatic carbocycles. The first-order valence-electron chi connectivity index (χ1n) is 1.69. The van der Waals surface area contributed by atoms with Gasteiger partial charge in [0.25, 0.3) is 0 Å². The van der Waals surface area contributed by atoms with Crippen LogP contribution in [0.2, 0.25) is 0 Å². The number of nitrogens with zero attached hydrogens (tertiary/aromatic N) is 1. The van der Waals surface area contributed by atoms with Gasteiger partial charge in [0.1, 0.15) is 6.29 Å². The molecule has 0 aromatic heterocycles. The molecule has 0 heterocycles. The minimum absolute atomic E-state index is 0.599. The number of carbonyl (C=O) groups excluding carboxylic acids is 1. The zero-order valence-corrected chi connectivity index (χ0v) is 3.61. The average Bonchev–Trinajstić information content (AvgIpc) is 1.69. The van der Waals surface area contributed by atoms with Crippen molar-refractivity contribution in [1.82, 2.24) is 0 Å². The largest absolute Gasteiger partial charge is 0.411 e. The van der Waals surface area contributed by atoms with Gasteiger partial charge in [0, 0.05) is 0 Å². The minimum Gasteiger partial charge on any atom is -0.411 e. The van der Waals surface area contributed by atoms with Gasteiger partial charge in [-0.25, -0.2) is 0 Å². The first-order chi connectivity index (χ1) is 3.41. The summed E-state index contributed by atoms with van der Waals surface area (Å²) in [6.07, 6.45) is 4.25. The van der Waals surface area contributed by atoms with Gasteiger partial charge in [-0.05, 0) is 12.2 Å². The van der Waals surface area contributed by atoms with Crippen molar-refractivity contribution in [3.63, 3.8) is 0 Å². The van der Waals surface area contributed by atoms with Crippen LogP contribution in [0.1, 0.15) is 0 Å². The second-order valence-corrected chi connectivity index (χ2v) is 0.786. The summed E-state index contributed by atoms with van der Waals surface area (Å²) in [5.41, 5.74) is 0. The fourth-order valence-corrected chi connectivity index (χ4v) is 0.134. The summed E-state index contributed by atoms with van der Waals surface area (Å²) in [7, 11) is 0. The van der Waals surface area contributed by atoms with E-state index in [2.05, 4.69) is 5.16 Å². The molecule has 3 nitrogen and oxygen atoms in total. The molecule has 0 aliphatic heterocycles. The quantitative estimate of drug-likeness (QED) is 0.177. The summed E-state index contributed by atoms with van der Waals surface area (Å²) < 4.78 is 0. The summed E-state index contributed by atoms with van der Waals surface area (Å²) in [6.45, 7) is 0. The molecule has 0 atom stereocenters. The SMILES string of the molecule is O=C/C=C/C=N/O. The van der Waals surface area contributed by atoms with Crippen LogP contribution in [0.4, 0.5) is 0 Å². The van der Waals surface area contributed by atoms with Crippen LogP contribution in [-0.2, 0) is 4.79 Å². The Morgan fingerprint density at radius 1 is 1.43 bits per heavy atom. The van der Waals surface area contributed by atoms with Crippen molar-refractivity contribution in [3.8, 4) is 0 Å². The zero-order valence-electron chi connectivity index (χ0n) is 3.61. The first kappa shape index (κ1) is 5.88. The Morgan fingerprint density at radius 3 is 2.57 bits per heavy atom. The van der Waals surface area contributed by atoms with E-state index in [1.165, 1.54) is 12.2 Å². The Labute approximate surface area is 40.9 Å². The number of hydrogen-bond acceptors (Lipinski definition) is 3. The molecule has 38 valence electrons. The predicted octanol–water partition coefficient (Wildman–Crippen LogP) is 0.201. The van der Waals surface area contributed by atoms with Crippen LogP contribution in [0.25, 0.3) is 0 Å². The highest BCUT2D eigenvalue weighted by Gasteiger charge is 1.58. The van der Waals surface area contributed by atoms with Gasteiger partial charge in [-0.3, -0.25) is 4.79 Å². The fraction of sp³-hybridized carbons (Fsp3) is 0. The Morgan fingerprint density at radius 2 is 2.14 bits per heavy atom. The van der Waals surface area contributed by atoms with E-state index in [4.69, 9.17) is 5.21 Å². The van der Waals surface area contributed by atoms with Crippen LogP contribution in [-0.4, -0.2) is 17.7 Å². The average molecular weight is 99.1 g/mol. The van der Waals surface area contributed by atoms with Crippen molar-refractivity contribution in [2.24, 2.45) is 5.16 Å². The lowest BCUT2D eigenvalue weighted by molar-refractivity contribution is -0.104. The Hall–Kier alpha value is -1.12. The third kappa shape index (κ3) is 4.88. The van der Waals surface area contributed by atoms with Crippen molar-refractivity contribution in [2.75, 3.05) is 0 Å². The van der Waals surface area contributed by atoms with Crippen molar-refractivity contribution in [2.45, 2.75) is 0 Å². The number of oxime groups is 1. The van der Waals surface area contributed by atoms with Gasteiger partial charge in [-0.2, -0.15) is 0 Å². The third-order valence-electron chi connectivity index (χ3n) is 0.342. The Kier molecular flexibility index (Phi) is 4.10. The normalized spacial score (nSPS) is 10.9. The molecule has 0 aromatic carbocycles. The van der Waals surface area contributed by atoms with E-state index in [-0.39, 0.29) is 0 Å². The fourth-order valence-electron chi connectivity index (χ4n) is 0.134. The van der Waals surface area contributed by atoms with Gasteiger partial charge >= 0.3 is 0 Å². The monoisotopic (exact) mass is 99.0 g/mol. The van der Waals surface area contributed by atoms with Crippen molar-refractivity contribution in [1.29, 1.82) is 0 Å². The van der Waals surface area contributed by atoms with E-state index in [1.807, 2.05) is 0 Å². The molecule has 0 fully saturated rings. The Bertz CT molecular complexity index is 95.9. The third-order valence-corrected chi connectivity index (χ3v) is 0.342. The summed E-state index contributed by atoms with van der Waals surface area (Å²) in [5.74, 6) is 0. The van der Waals surface area contributed by atoms with Crippen molar-refractivity contribution in [3.05, 3.63) is 12.2 Å². The molecule has 0 spiro atoms. The smallest absolute Gasteiger partial charge is 0.142 e. The molecule has 0 aromatic rings. The van der Waals surface area contributed by atoms with Gasteiger partial charge in [0.05, 0.1) is 6.21 Å². The van der Waals surface area contributed by atoms with Gasteiger partial charge in [0.15, 0.2) is 0 Å². The number of allylic oxidation sites excluding steroid dienone is 2. The molecular weight excluding hydrogens is 94.0 g/mol. The minimum atomic E-state index is 0.599. The van der Waals surface area contributed by atoms with E-state index >= 15 is 0 Å². The van der Waals surface area contributed by atoms with Gasteiger partial charge < -0.3 is 5.21 Å². The van der Waals surface area contributed by atoms with Crippen LogP contribution < -0.4 is 0 Å². The number of aldehydes is 1. The molecule has 0 aliphatic rings. The molecular formula is C4H5NO2. The van der Waals surface area contributed by atoms with Crippen LogP contribution >= 0.6 is 0 Å². The van der Waals surface area contributed by atoms with Crippen LogP contribution in [0.15, 0.2) is 17.3 Å². The lowest BCUT2D eigenvalue weighted by Gasteiger charge is -1.62. The van der Waals surface area contributed by atoms with Crippen LogP contribution in [0, 0.1) is 0 Å². The van der Waals surface area contributed by atoms with Crippen LogP contribution in [0.5, 0.6) is 0 Å². The molecule has 0 radical (unpaired) electrons. The predicted molar refractivity (Wildman–Crippen MR) is 25.5 cm³/mol. The van der Waals surface area contributed by atoms with E-state index < -0.39 is 0 Å². The standard InChI is InChI=1S/C4H5NO2/c6-4-2-1-3-5-7/h1-4,7H/b2-1+,5-3+. The summed E-state index contributed by atoms with van der Waals surface area (Å²) in [5, 5.41) is 10.3. The molecule has 0 saturated heterocycles. The molecule has 3 heteroatoms. The molecule has 0 unspecified atom stereocenters. The molecule has 0 amide bonds. The topological polar surface area (TPSA) is 49.7 Å². The van der Waals surface area contributed by atoms with Crippen LogP contribution in [0.3, 0.4) is 0 Å². The van der Waals surface area contributed by atoms with Crippen molar-refractivity contribution < 1.29 is 10.0 Å². The lowest BCUT2D eigenvalue weighted by Crippen LogP contribution is -1.62. The van der Waals surface area contributed by atoms with Gasteiger partial charge in [0.2, 0.25) is 0 Å². The van der Waals surface area contributed by atoms with E-state index in [9.17, 15) is 4.79 Å². The molecule has 1 N–H and O–H groups in total. The maximum atomic E-state index is 9.45. The molecule has 7 heavy (non-hydrogen) atoms. The zero-order chi connectivity index (χ0) is 5.54. The number of rotatable bonds is 2. The number of carbonyl (C=O) groups is 1. The van der Waals surface area contributed by atoms with Gasteiger partial charge in [-0.1, -0.05) is 5.16 Å². The van der Waals surface area contributed by atoms with E-state index in [0.29, 0.717) is 6.29 Å². The molecule has 0 rings (SSSR count). The first-order valence-corrected chi connectivity index (χ1v) is 1.69. The summed E-state index contributed by atoms with van der Waals surface area (Å²) >= 11 is 0. The highest BCUT2D eigenvalue weighted by molar-refractivity contribution is 5.78. The summed E-state index contributed by atoms with van der Waals surface area (Å²) in [6, 6.07) is 0. The van der Waals surface area contributed by atoms with Crippen molar-refractivity contribution >= 4 is 12.5 Å². The number of hydrogen-bond donors (Lipinski definition) is 1. The maximum Gasteiger partial charge on any atom is 0.142 e. The lowest BCUT2D eigenvalue weighted by atomic mass is 10.6. The molecule has 0 saturated carbocycles. The highest BCUT2D eigenvalue weighted by Crippen LogP contribution is 1.58. The second kappa shape index (κ2) is 4.88. The van der Waals surface area contributed by atoms with E-state index in [0.717, 1.165) is 6.21 Å². The second-order valence-electron chi connectivity index (χ2n) is 0.786. The maximum absolute atomic E-state index is 9.45. The van der Waals surface area contributed by atoms with Gasteiger partial charge in [-0.15, -0.1) is 0 Å². The summed E-state index contributed by atoms with van der Waals surface area (Å²) in [4.78, 5) is 9.45. The Balaban J connectivity index is 3.27.